The fraction of sp³-hybridized carbons (Fsp3) is 0.158. The Kier molecular flexibility index (Phi) is 6.63. The van der Waals surface area contributed by atoms with Gasteiger partial charge in [0.1, 0.15) is 5.52 Å². The van der Waals surface area contributed by atoms with Crippen LogP contribution in [0.15, 0.2) is 35.3 Å². The number of carbonyl (C=O) groups excluding carboxylic acids is 1. The SMILES string of the molecule is O=C(NCCn1ncc2nc(NCc3ccc(Cl)c(Cl)c3)[nH]c(=O)c21)c1cc(O)nnc1Cl. The lowest BCUT2D eigenvalue weighted by atomic mass is 10.2. The van der Waals surface area contributed by atoms with Crippen molar-refractivity contribution >= 4 is 57.7 Å². The van der Waals surface area contributed by atoms with Crippen LogP contribution in [0, 0.1) is 0 Å². The predicted octanol–water partition coefficient (Wildman–Crippen LogP) is 2.62. The Morgan fingerprint density at radius 1 is 1.15 bits per heavy atom. The van der Waals surface area contributed by atoms with Crippen molar-refractivity contribution < 1.29 is 9.90 Å². The number of halogens is 3. The zero-order valence-electron chi connectivity index (χ0n) is 16.6. The molecule has 0 bridgehead atoms. The maximum atomic E-state index is 12.6. The number of hydrogen-bond donors (Lipinski definition) is 4. The molecular formula is C19H15Cl3N8O3. The van der Waals surface area contributed by atoms with Gasteiger partial charge in [-0.05, 0) is 17.7 Å². The minimum Gasteiger partial charge on any atom is -0.492 e. The second kappa shape index (κ2) is 9.61. The van der Waals surface area contributed by atoms with Crippen LogP contribution in [-0.2, 0) is 13.1 Å². The number of aromatic nitrogens is 6. The molecule has 1 amide bonds. The second-order valence-electron chi connectivity index (χ2n) is 6.78. The number of H-pyrrole nitrogens is 1. The topological polar surface area (TPSA) is 151 Å². The van der Waals surface area contributed by atoms with Crippen LogP contribution in [-0.4, -0.2) is 47.5 Å². The van der Waals surface area contributed by atoms with Gasteiger partial charge in [-0.3, -0.25) is 19.3 Å². The number of nitrogens with zero attached hydrogens (tertiary/aromatic N) is 5. The first kappa shape index (κ1) is 22.8. The zero-order chi connectivity index (χ0) is 23.5. The second-order valence-corrected chi connectivity index (χ2v) is 7.95. The minimum absolute atomic E-state index is 0.0216. The van der Waals surface area contributed by atoms with Gasteiger partial charge in [-0.15, -0.1) is 10.2 Å². The third-order valence-corrected chi connectivity index (χ3v) is 5.55. The molecule has 14 heteroatoms. The molecule has 3 aromatic heterocycles. The summed E-state index contributed by atoms with van der Waals surface area (Å²) in [5.41, 5.74) is 1.08. The highest BCUT2D eigenvalue weighted by atomic mass is 35.5. The van der Waals surface area contributed by atoms with Crippen LogP contribution >= 0.6 is 34.8 Å². The third-order valence-electron chi connectivity index (χ3n) is 4.53. The van der Waals surface area contributed by atoms with Gasteiger partial charge in [0.15, 0.2) is 10.7 Å². The number of carbonyl (C=O) groups is 1. The zero-order valence-corrected chi connectivity index (χ0v) is 18.9. The summed E-state index contributed by atoms with van der Waals surface area (Å²) in [6.07, 6.45) is 1.46. The van der Waals surface area contributed by atoms with E-state index < -0.39 is 17.3 Å². The van der Waals surface area contributed by atoms with E-state index in [-0.39, 0.29) is 35.3 Å². The third kappa shape index (κ3) is 5.16. The average molecular weight is 510 g/mol. The molecule has 1 aromatic carbocycles. The fourth-order valence-corrected chi connectivity index (χ4v) is 3.49. The predicted molar refractivity (Wildman–Crippen MR) is 123 cm³/mol. The van der Waals surface area contributed by atoms with Crippen LogP contribution < -0.4 is 16.2 Å². The van der Waals surface area contributed by atoms with Gasteiger partial charge in [0, 0.05) is 19.2 Å². The van der Waals surface area contributed by atoms with E-state index in [1.807, 2.05) is 0 Å². The van der Waals surface area contributed by atoms with Gasteiger partial charge in [0.25, 0.3) is 11.5 Å². The summed E-state index contributed by atoms with van der Waals surface area (Å²) >= 11 is 17.8. The highest BCUT2D eigenvalue weighted by molar-refractivity contribution is 6.42. The smallest absolute Gasteiger partial charge is 0.278 e. The van der Waals surface area contributed by atoms with E-state index in [4.69, 9.17) is 34.8 Å². The normalized spacial score (nSPS) is 11.0. The number of amides is 1. The van der Waals surface area contributed by atoms with E-state index in [1.54, 1.807) is 18.2 Å². The number of anilines is 1. The summed E-state index contributed by atoms with van der Waals surface area (Å²) in [7, 11) is 0. The summed E-state index contributed by atoms with van der Waals surface area (Å²) in [4.78, 5) is 31.9. The van der Waals surface area contributed by atoms with Crippen molar-refractivity contribution in [1.82, 2.24) is 35.3 Å². The molecule has 4 rings (SSSR count). The van der Waals surface area contributed by atoms with Gasteiger partial charge in [-0.2, -0.15) is 5.10 Å². The number of rotatable bonds is 7. The standard InChI is InChI=1S/C19H15Cl3N8O3/c20-11-2-1-9(5-12(11)21)7-24-19-26-13-8-25-30(15(13)18(33)27-19)4-3-23-17(32)10-6-14(31)28-29-16(10)22/h1-2,5-6,8H,3-4,7H2,(H,23,32)(H,28,31)(H2,24,26,27,33). The molecule has 0 unspecified atom stereocenters. The van der Waals surface area contributed by atoms with Gasteiger partial charge in [-0.1, -0.05) is 40.9 Å². The molecule has 0 aliphatic rings. The summed E-state index contributed by atoms with van der Waals surface area (Å²) in [6, 6.07) is 6.32. The lowest BCUT2D eigenvalue weighted by Crippen LogP contribution is -2.28. The van der Waals surface area contributed by atoms with E-state index >= 15 is 0 Å². The van der Waals surface area contributed by atoms with Crippen LogP contribution in [0.1, 0.15) is 15.9 Å². The molecule has 4 aromatic rings. The molecular weight excluding hydrogens is 495 g/mol. The monoisotopic (exact) mass is 508 g/mol. The quantitative estimate of drug-likeness (QED) is 0.297. The highest BCUT2D eigenvalue weighted by Crippen LogP contribution is 2.23. The number of hydrogen-bond acceptors (Lipinski definition) is 8. The number of fused-ring (bicyclic) bond motifs is 1. The van der Waals surface area contributed by atoms with Crippen LogP contribution in [0.5, 0.6) is 5.88 Å². The summed E-state index contributed by atoms with van der Waals surface area (Å²) in [5.74, 6) is -0.711. The molecule has 0 aliphatic heterocycles. The largest absolute Gasteiger partial charge is 0.492 e. The van der Waals surface area contributed by atoms with E-state index in [0.717, 1.165) is 11.6 Å². The molecule has 170 valence electrons. The Labute approximate surface area is 200 Å². The van der Waals surface area contributed by atoms with E-state index in [2.05, 4.69) is 35.9 Å². The molecule has 0 spiro atoms. The number of aromatic hydroxyl groups is 1. The van der Waals surface area contributed by atoms with Gasteiger partial charge in [-0.25, -0.2) is 4.98 Å². The molecule has 4 N–H and O–H groups in total. The van der Waals surface area contributed by atoms with Crippen LogP contribution in [0.25, 0.3) is 11.0 Å². The molecule has 0 saturated carbocycles. The first-order valence-electron chi connectivity index (χ1n) is 9.46. The Morgan fingerprint density at radius 2 is 1.97 bits per heavy atom. The number of benzene rings is 1. The summed E-state index contributed by atoms with van der Waals surface area (Å²) < 4.78 is 1.42. The lowest BCUT2D eigenvalue weighted by molar-refractivity contribution is 0.0951. The fourth-order valence-electron chi connectivity index (χ4n) is 2.99. The van der Waals surface area contributed by atoms with Crippen molar-refractivity contribution in [3.63, 3.8) is 0 Å². The molecule has 0 radical (unpaired) electrons. The number of nitrogens with one attached hydrogen (secondary N) is 3. The lowest BCUT2D eigenvalue weighted by Gasteiger charge is -2.08. The Hall–Kier alpha value is -3.41. The first-order valence-corrected chi connectivity index (χ1v) is 10.6. The van der Waals surface area contributed by atoms with Crippen LogP contribution in [0.2, 0.25) is 15.2 Å². The van der Waals surface area contributed by atoms with Crippen LogP contribution in [0.4, 0.5) is 5.95 Å². The van der Waals surface area contributed by atoms with E-state index in [9.17, 15) is 14.7 Å². The Balaban J connectivity index is 1.42. The van der Waals surface area contributed by atoms with Crippen LogP contribution in [0.3, 0.4) is 0 Å². The van der Waals surface area contributed by atoms with Gasteiger partial charge >= 0.3 is 0 Å². The maximum absolute atomic E-state index is 12.6. The molecule has 0 aliphatic carbocycles. The number of aromatic amines is 1. The van der Waals surface area contributed by atoms with Crippen molar-refractivity contribution in [1.29, 1.82) is 0 Å². The van der Waals surface area contributed by atoms with Gasteiger partial charge in [0.2, 0.25) is 11.8 Å². The Morgan fingerprint density at radius 3 is 2.76 bits per heavy atom. The Bertz CT molecular complexity index is 1410. The van der Waals surface area contributed by atoms with Crippen molar-refractivity contribution in [2.24, 2.45) is 0 Å². The molecule has 11 nitrogen and oxygen atoms in total. The maximum Gasteiger partial charge on any atom is 0.278 e. The molecule has 3 heterocycles. The van der Waals surface area contributed by atoms with E-state index in [0.29, 0.717) is 22.1 Å². The van der Waals surface area contributed by atoms with Crippen molar-refractivity contribution in [3.05, 3.63) is 67.1 Å². The van der Waals surface area contributed by atoms with Crippen molar-refractivity contribution in [2.75, 3.05) is 11.9 Å². The molecule has 0 fully saturated rings. The minimum atomic E-state index is -0.553. The van der Waals surface area contributed by atoms with Crippen molar-refractivity contribution in [2.45, 2.75) is 13.1 Å². The molecule has 0 saturated heterocycles. The van der Waals surface area contributed by atoms with Gasteiger partial charge < -0.3 is 15.7 Å². The average Bonchev–Trinajstić information content (AvgIpc) is 3.19. The molecule has 0 atom stereocenters. The first-order chi connectivity index (χ1) is 15.8. The van der Waals surface area contributed by atoms with Crippen molar-refractivity contribution in [3.8, 4) is 5.88 Å². The molecule has 33 heavy (non-hydrogen) atoms. The highest BCUT2D eigenvalue weighted by Gasteiger charge is 2.14. The summed E-state index contributed by atoms with van der Waals surface area (Å²) in [6.45, 7) is 0.692. The van der Waals surface area contributed by atoms with Gasteiger partial charge in [0.05, 0.1) is 28.4 Å². The van der Waals surface area contributed by atoms with E-state index in [1.165, 1.54) is 10.9 Å². The summed E-state index contributed by atoms with van der Waals surface area (Å²) in [5, 5.41) is 26.8.